The van der Waals surface area contributed by atoms with Crippen LogP contribution in [0.3, 0.4) is 0 Å². The lowest BCUT2D eigenvalue weighted by Gasteiger charge is -2.33. The Bertz CT molecular complexity index is 257. The number of ether oxygens (including phenoxy) is 1. The van der Waals surface area contributed by atoms with Gasteiger partial charge in [0, 0.05) is 6.61 Å². The van der Waals surface area contributed by atoms with E-state index in [0.29, 0.717) is 0 Å². The van der Waals surface area contributed by atoms with Crippen molar-refractivity contribution in [2.45, 2.75) is 30.9 Å². The molecular weight excluding hydrogens is 271 g/mol. The van der Waals surface area contributed by atoms with Gasteiger partial charge in [-0.1, -0.05) is 0 Å². The lowest BCUT2D eigenvalue weighted by molar-refractivity contribution is -0.399. The van der Waals surface area contributed by atoms with Crippen molar-refractivity contribution in [1.29, 1.82) is 0 Å². The van der Waals surface area contributed by atoms with Crippen LogP contribution in [0.4, 0.5) is 39.5 Å². The van der Waals surface area contributed by atoms with E-state index in [-0.39, 0.29) is 0 Å². The first-order valence-electron chi connectivity index (χ1n) is 4.09. The van der Waals surface area contributed by atoms with Crippen LogP contribution in [0.1, 0.15) is 6.92 Å². The molecule has 0 bridgehead atoms. The molecule has 0 aliphatic rings. The maximum atomic E-state index is 12.6. The van der Waals surface area contributed by atoms with Crippen LogP contribution in [0.15, 0.2) is 0 Å². The summed E-state index contributed by atoms with van der Waals surface area (Å²) in [5.41, 5.74) is 0. The van der Waals surface area contributed by atoms with E-state index in [0.717, 1.165) is 6.92 Å². The number of hydrogen-bond donors (Lipinski definition) is 0. The van der Waals surface area contributed by atoms with Crippen molar-refractivity contribution in [2.24, 2.45) is 0 Å². The molecule has 0 aromatic heterocycles. The minimum Gasteiger partial charge on any atom is -0.375 e. The number of alkyl halides is 9. The molecule has 0 radical (unpaired) electrons. The smallest absolute Gasteiger partial charge is 0.375 e. The second-order valence-electron chi connectivity index (χ2n) is 2.99. The van der Waals surface area contributed by atoms with Gasteiger partial charge in [0.25, 0.3) is 0 Å². The van der Waals surface area contributed by atoms with Crippen LogP contribution in [0, 0.1) is 0 Å². The third-order valence-corrected chi connectivity index (χ3v) is 1.70. The molecule has 104 valence electrons. The zero-order valence-electron chi connectivity index (χ0n) is 8.22. The van der Waals surface area contributed by atoms with E-state index >= 15 is 0 Å². The van der Waals surface area contributed by atoms with Crippen LogP contribution in [0.25, 0.3) is 0 Å². The average Bonchev–Trinajstić information content (AvgIpc) is 2.12. The van der Waals surface area contributed by atoms with Gasteiger partial charge in [-0.15, -0.1) is 0 Å². The van der Waals surface area contributed by atoms with E-state index in [9.17, 15) is 39.5 Å². The molecule has 0 heterocycles. The average molecular weight is 278 g/mol. The lowest BCUT2D eigenvalue weighted by atomic mass is 10.0. The van der Waals surface area contributed by atoms with E-state index in [4.69, 9.17) is 0 Å². The molecule has 0 aliphatic heterocycles. The van der Waals surface area contributed by atoms with Crippen molar-refractivity contribution in [1.82, 2.24) is 0 Å². The molecule has 0 saturated heterocycles. The Labute approximate surface area is 89.5 Å². The fourth-order valence-corrected chi connectivity index (χ4v) is 0.729. The highest BCUT2D eigenvalue weighted by molar-refractivity contribution is 5.00. The Morgan fingerprint density at radius 1 is 0.765 bits per heavy atom. The molecule has 10 heteroatoms. The third kappa shape index (κ3) is 2.78. The number of halogens is 9. The molecule has 0 N–H and O–H groups in total. The predicted molar refractivity (Wildman–Crippen MR) is 37.4 cm³/mol. The van der Waals surface area contributed by atoms with Gasteiger partial charge < -0.3 is 4.74 Å². The molecule has 0 saturated carbocycles. The molecule has 0 aromatic carbocycles. The minimum absolute atomic E-state index is 0.538. The van der Waals surface area contributed by atoms with Crippen molar-refractivity contribution in [3.8, 4) is 0 Å². The Hall–Kier alpha value is -0.670. The van der Waals surface area contributed by atoms with Crippen LogP contribution >= 0.6 is 0 Å². The Balaban J connectivity index is 5.24. The zero-order chi connectivity index (χ0) is 14.1. The molecule has 0 aromatic rings. The van der Waals surface area contributed by atoms with E-state index in [1.807, 2.05) is 0 Å². The van der Waals surface area contributed by atoms with Gasteiger partial charge in [0.1, 0.15) is 6.61 Å². The summed E-state index contributed by atoms with van der Waals surface area (Å²) in [5.74, 6) is -19.1. The molecule has 17 heavy (non-hydrogen) atoms. The summed E-state index contributed by atoms with van der Waals surface area (Å²) in [6, 6.07) is 0. The van der Waals surface area contributed by atoms with E-state index in [2.05, 4.69) is 4.74 Å². The highest BCUT2D eigenvalue weighted by Crippen LogP contribution is 2.52. The van der Waals surface area contributed by atoms with Crippen LogP contribution in [0.2, 0.25) is 0 Å². The van der Waals surface area contributed by atoms with Crippen molar-refractivity contribution < 1.29 is 44.3 Å². The van der Waals surface area contributed by atoms with Crippen LogP contribution in [0.5, 0.6) is 0 Å². The predicted octanol–water partition coefficient (Wildman–Crippen LogP) is 3.49. The lowest BCUT2D eigenvalue weighted by Crippen LogP contribution is -2.62. The fraction of sp³-hybridized carbons (Fsp3) is 1.00. The van der Waals surface area contributed by atoms with Crippen molar-refractivity contribution in [3.63, 3.8) is 0 Å². The Morgan fingerprint density at radius 3 is 1.47 bits per heavy atom. The topological polar surface area (TPSA) is 9.23 Å². The zero-order valence-corrected chi connectivity index (χ0v) is 8.22. The second kappa shape index (κ2) is 4.54. The van der Waals surface area contributed by atoms with Crippen molar-refractivity contribution in [2.75, 3.05) is 13.2 Å². The van der Waals surface area contributed by atoms with Gasteiger partial charge in [0.15, 0.2) is 0 Å². The quantitative estimate of drug-likeness (QED) is 0.699. The number of rotatable bonds is 5. The van der Waals surface area contributed by atoms with Gasteiger partial charge in [-0.25, -0.2) is 0 Å². The van der Waals surface area contributed by atoms with Crippen molar-refractivity contribution in [3.05, 3.63) is 0 Å². The summed E-state index contributed by atoms with van der Waals surface area (Å²) >= 11 is 0. The molecular formula is C7H7F9O. The van der Waals surface area contributed by atoms with Gasteiger partial charge in [-0.3, -0.25) is 0 Å². The highest BCUT2D eigenvalue weighted by atomic mass is 19.4. The van der Waals surface area contributed by atoms with Crippen LogP contribution < -0.4 is 0 Å². The highest BCUT2D eigenvalue weighted by Gasteiger charge is 2.81. The van der Waals surface area contributed by atoms with Gasteiger partial charge in [-0.05, 0) is 6.92 Å². The monoisotopic (exact) mass is 278 g/mol. The molecule has 0 amide bonds. The molecule has 0 spiro atoms. The first-order chi connectivity index (χ1) is 7.31. The minimum atomic E-state index is -6.85. The fourth-order valence-electron chi connectivity index (χ4n) is 0.729. The van der Waals surface area contributed by atoms with Crippen LogP contribution in [-0.4, -0.2) is 37.2 Å². The third-order valence-electron chi connectivity index (χ3n) is 1.70. The SMILES string of the molecule is CCOCC(F)(F)C(F)(F)C(F)(F)C(F)(F)F. The summed E-state index contributed by atoms with van der Waals surface area (Å²) in [7, 11) is 0. The first-order valence-corrected chi connectivity index (χ1v) is 4.09. The summed E-state index contributed by atoms with van der Waals surface area (Å²) in [6.07, 6.45) is -6.79. The van der Waals surface area contributed by atoms with E-state index in [1.54, 1.807) is 0 Å². The van der Waals surface area contributed by atoms with Crippen LogP contribution in [-0.2, 0) is 4.74 Å². The summed E-state index contributed by atoms with van der Waals surface area (Å²) in [6.45, 7) is -1.69. The first kappa shape index (κ1) is 16.3. The molecule has 1 nitrogen and oxygen atoms in total. The second-order valence-corrected chi connectivity index (χ2v) is 2.99. The normalized spacial score (nSPS) is 15.2. The molecule has 0 atom stereocenters. The summed E-state index contributed by atoms with van der Waals surface area (Å²) in [5, 5.41) is 0. The Kier molecular flexibility index (Phi) is 4.36. The molecule has 0 rings (SSSR count). The molecule has 0 aliphatic carbocycles. The summed E-state index contributed by atoms with van der Waals surface area (Å²) < 4.78 is 113. The number of hydrogen-bond acceptors (Lipinski definition) is 1. The van der Waals surface area contributed by atoms with Crippen molar-refractivity contribution >= 4 is 0 Å². The summed E-state index contributed by atoms with van der Waals surface area (Å²) in [4.78, 5) is 0. The maximum absolute atomic E-state index is 12.6. The van der Waals surface area contributed by atoms with Gasteiger partial charge in [0.2, 0.25) is 0 Å². The van der Waals surface area contributed by atoms with Gasteiger partial charge >= 0.3 is 23.9 Å². The molecule has 0 fully saturated rings. The largest absolute Gasteiger partial charge is 0.460 e. The van der Waals surface area contributed by atoms with E-state index in [1.165, 1.54) is 0 Å². The maximum Gasteiger partial charge on any atom is 0.460 e. The Morgan fingerprint density at radius 2 is 1.18 bits per heavy atom. The van der Waals surface area contributed by atoms with E-state index < -0.39 is 37.2 Å². The van der Waals surface area contributed by atoms with Gasteiger partial charge in [-0.2, -0.15) is 39.5 Å². The van der Waals surface area contributed by atoms with Gasteiger partial charge in [0.05, 0.1) is 0 Å². The molecule has 0 unspecified atom stereocenters. The standard InChI is InChI=1S/C7H7F9O/c1-2-17-3-4(8,9)5(10,11)6(12,13)7(14,15)16/h2-3H2,1H3.